The Bertz CT molecular complexity index is 312. The van der Waals surface area contributed by atoms with Gasteiger partial charge in [-0.3, -0.25) is 9.59 Å². The number of carbonyl (C=O) groups is 2. The van der Waals surface area contributed by atoms with Gasteiger partial charge in [-0.2, -0.15) is 0 Å². The van der Waals surface area contributed by atoms with E-state index in [1.807, 2.05) is 0 Å². The standard InChI is InChI=1S/C11H18N2O3/c12-11(4-2-5-11)10(16)13-6-1-3-8(13)7-9(14)15/h8H,1-7,12H2,(H,14,15). The Morgan fingerprint density at radius 1 is 1.38 bits per heavy atom. The van der Waals surface area contributed by atoms with E-state index in [1.54, 1.807) is 4.90 Å². The normalized spacial score (nSPS) is 27.6. The largest absolute Gasteiger partial charge is 0.481 e. The predicted molar refractivity (Wildman–Crippen MR) is 57.8 cm³/mol. The Labute approximate surface area is 94.6 Å². The van der Waals surface area contributed by atoms with E-state index in [2.05, 4.69) is 0 Å². The number of likely N-dealkylation sites (tertiary alicyclic amines) is 1. The van der Waals surface area contributed by atoms with Crippen LogP contribution in [0.4, 0.5) is 0 Å². The van der Waals surface area contributed by atoms with E-state index in [1.165, 1.54) is 0 Å². The van der Waals surface area contributed by atoms with Crippen molar-refractivity contribution in [2.24, 2.45) is 5.73 Å². The minimum atomic E-state index is -0.843. The summed E-state index contributed by atoms with van der Waals surface area (Å²) >= 11 is 0. The minimum absolute atomic E-state index is 0.0394. The summed E-state index contributed by atoms with van der Waals surface area (Å²) in [6.45, 7) is 0.662. The molecule has 2 rings (SSSR count). The molecule has 90 valence electrons. The Hall–Kier alpha value is -1.10. The molecule has 1 amide bonds. The highest BCUT2D eigenvalue weighted by Crippen LogP contribution is 2.33. The maximum atomic E-state index is 12.1. The lowest BCUT2D eigenvalue weighted by Crippen LogP contribution is -2.60. The number of amides is 1. The Morgan fingerprint density at radius 2 is 2.06 bits per heavy atom. The van der Waals surface area contributed by atoms with Crippen LogP contribution in [-0.2, 0) is 9.59 Å². The maximum Gasteiger partial charge on any atom is 0.305 e. The highest BCUT2D eigenvalue weighted by molar-refractivity contribution is 5.88. The van der Waals surface area contributed by atoms with E-state index < -0.39 is 11.5 Å². The van der Waals surface area contributed by atoms with E-state index >= 15 is 0 Å². The summed E-state index contributed by atoms with van der Waals surface area (Å²) in [7, 11) is 0. The number of hydrogen-bond acceptors (Lipinski definition) is 3. The van der Waals surface area contributed by atoms with Gasteiger partial charge in [-0.1, -0.05) is 0 Å². The second-order valence-electron chi connectivity index (χ2n) is 4.90. The summed E-state index contributed by atoms with van der Waals surface area (Å²) in [5.74, 6) is -0.883. The smallest absolute Gasteiger partial charge is 0.305 e. The molecule has 0 spiro atoms. The molecule has 5 heteroatoms. The summed E-state index contributed by atoms with van der Waals surface area (Å²) in [6.07, 6.45) is 4.19. The molecule has 0 aromatic rings. The van der Waals surface area contributed by atoms with E-state index in [-0.39, 0.29) is 18.4 Å². The molecule has 1 atom stereocenters. The van der Waals surface area contributed by atoms with Crippen LogP contribution in [0.5, 0.6) is 0 Å². The van der Waals surface area contributed by atoms with Gasteiger partial charge in [0.1, 0.15) is 0 Å². The van der Waals surface area contributed by atoms with Crippen molar-refractivity contribution in [2.45, 2.75) is 50.1 Å². The molecule has 1 aliphatic carbocycles. The molecule has 1 aliphatic heterocycles. The lowest BCUT2D eigenvalue weighted by Gasteiger charge is -2.40. The van der Waals surface area contributed by atoms with Crippen LogP contribution in [0.25, 0.3) is 0 Å². The van der Waals surface area contributed by atoms with Crippen LogP contribution in [0.3, 0.4) is 0 Å². The van der Waals surface area contributed by atoms with Crippen molar-refractivity contribution in [1.29, 1.82) is 0 Å². The number of nitrogens with two attached hydrogens (primary N) is 1. The molecule has 0 bridgehead atoms. The van der Waals surface area contributed by atoms with Gasteiger partial charge in [-0.25, -0.2) is 0 Å². The number of rotatable bonds is 3. The van der Waals surface area contributed by atoms with E-state index in [0.717, 1.165) is 32.1 Å². The first-order valence-electron chi connectivity index (χ1n) is 5.85. The lowest BCUT2D eigenvalue weighted by atomic mass is 9.76. The van der Waals surface area contributed by atoms with Gasteiger partial charge in [0, 0.05) is 12.6 Å². The average molecular weight is 226 g/mol. The maximum absolute atomic E-state index is 12.1. The fourth-order valence-corrected chi connectivity index (χ4v) is 2.57. The second kappa shape index (κ2) is 4.05. The van der Waals surface area contributed by atoms with Gasteiger partial charge in [0.05, 0.1) is 12.0 Å². The third kappa shape index (κ3) is 1.91. The fourth-order valence-electron chi connectivity index (χ4n) is 2.57. The molecule has 16 heavy (non-hydrogen) atoms. The summed E-state index contributed by atoms with van der Waals surface area (Å²) in [5, 5.41) is 8.78. The number of aliphatic carboxylic acids is 1. The number of carboxylic acid groups (broad SMARTS) is 1. The lowest BCUT2D eigenvalue weighted by molar-refractivity contribution is -0.143. The van der Waals surface area contributed by atoms with Crippen molar-refractivity contribution in [3.63, 3.8) is 0 Å². The van der Waals surface area contributed by atoms with Crippen LogP contribution in [0.1, 0.15) is 38.5 Å². The Kier molecular flexibility index (Phi) is 2.88. The topological polar surface area (TPSA) is 83.6 Å². The molecule has 0 aromatic heterocycles. The summed E-state index contributed by atoms with van der Waals surface area (Å²) in [5.41, 5.74) is 5.29. The summed E-state index contributed by atoms with van der Waals surface area (Å²) in [6, 6.07) is -0.147. The van der Waals surface area contributed by atoms with Crippen molar-refractivity contribution in [3.8, 4) is 0 Å². The van der Waals surface area contributed by atoms with Crippen LogP contribution in [0.2, 0.25) is 0 Å². The fraction of sp³-hybridized carbons (Fsp3) is 0.818. The molecule has 5 nitrogen and oxygen atoms in total. The number of carboxylic acids is 1. The van der Waals surface area contributed by atoms with E-state index in [9.17, 15) is 9.59 Å². The molecule has 3 N–H and O–H groups in total. The molecular formula is C11H18N2O3. The first-order valence-corrected chi connectivity index (χ1v) is 5.85. The van der Waals surface area contributed by atoms with Crippen molar-refractivity contribution in [3.05, 3.63) is 0 Å². The van der Waals surface area contributed by atoms with Crippen LogP contribution in [0.15, 0.2) is 0 Å². The minimum Gasteiger partial charge on any atom is -0.481 e. The molecule has 0 radical (unpaired) electrons. The molecule has 1 unspecified atom stereocenters. The van der Waals surface area contributed by atoms with Gasteiger partial charge >= 0.3 is 5.97 Å². The van der Waals surface area contributed by atoms with Crippen LogP contribution in [0, 0.1) is 0 Å². The van der Waals surface area contributed by atoms with Gasteiger partial charge < -0.3 is 15.7 Å². The molecule has 1 saturated carbocycles. The number of hydrogen-bond donors (Lipinski definition) is 2. The molecular weight excluding hydrogens is 208 g/mol. The zero-order chi connectivity index (χ0) is 11.8. The summed E-state index contributed by atoms with van der Waals surface area (Å²) < 4.78 is 0. The molecule has 2 aliphatic rings. The highest BCUT2D eigenvalue weighted by Gasteiger charge is 2.45. The van der Waals surface area contributed by atoms with Crippen molar-refractivity contribution in [2.75, 3.05) is 6.54 Å². The Balaban J connectivity index is 2.02. The predicted octanol–water partition coefficient (Wildman–Crippen LogP) is 0.333. The van der Waals surface area contributed by atoms with Crippen molar-refractivity contribution < 1.29 is 14.7 Å². The van der Waals surface area contributed by atoms with Crippen molar-refractivity contribution in [1.82, 2.24) is 4.90 Å². The van der Waals surface area contributed by atoms with Crippen LogP contribution in [-0.4, -0.2) is 40.0 Å². The first kappa shape index (κ1) is 11.4. The van der Waals surface area contributed by atoms with Crippen LogP contribution >= 0.6 is 0 Å². The SMILES string of the molecule is NC1(C(=O)N2CCCC2CC(=O)O)CCC1. The van der Waals surface area contributed by atoms with Gasteiger partial charge in [0.25, 0.3) is 0 Å². The van der Waals surface area contributed by atoms with Crippen LogP contribution < -0.4 is 5.73 Å². The quantitative estimate of drug-likeness (QED) is 0.726. The molecule has 1 heterocycles. The summed E-state index contributed by atoms with van der Waals surface area (Å²) in [4.78, 5) is 24.5. The molecule has 0 aromatic carbocycles. The zero-order valence-corrected chi connectivity index (χ0v) is 9.32. The highest BCUT2D eigenvalue weighted by atomic mass is 16.4. The zero-order valence-electron chi connectivity index (χ0n) is 9.32. The van der Waals surface area contributed by atoms with E-state index in [0.29, 0.717) is 6.54 Å². The second-order valence-corrected chi connectivity index (χ2v) is 4.90. The van der Waals surface area contributed by atoms with Gasteiger partial charge in [-0.05, 0) is 32.1 Å². The average Bonchev–Trinajstić information content (AvgIpc) is 2.60. The van der Waals surface area contributed by atoms with E-state index in [4.69, 9.17) is 10.8 Å². The van der Waals surface area contributed by atoms with Gasteiger partial charge in [0.2, 0.25) is 5.91 Å². The molecule has 2 fully saturated rings. The van der Waals surface area contributed by atoms with Gasteiger partial charge in [-0.15, -0.1) is 0 Å². The number of nitrogens with zero attached hydrogens (tertiary/aromatic N) is 1. The third-order valence-electron chi connectivity index (χ3n) is 3.72. The molecule has 1 saturated heterocycles. The Morgan fingerprint density at radius 3 is 2.56 bits per heavy atom. The first-order chi connectivity index (χ1) is 7.53. The third-order valence-corrected chi connectivity index (χ3v) is 3.72. The number of carbonyl (C=O) groups excluding carboxylic acids is 1. The van der Waals surface area contributed by atoms with Gasteiger partial charge in [0.15, 0.2) is 0 Å². The van der Waals surface area contributed by atoms with Crippen molar-refractivity contribution >= 4 is 11.9 Å². The monoisotopic (exact) mass is 226 g/mol.